The molecular formula is C14H14ClN5O. The topological polar surface area (TPSA) is 85.0 Å². The first kappa shape index (κ1) is 13.9. The van der Waals surface area contributed by atoms with Crippen LogP contribution in [0.3, 0.4) is 0 Å². The molecule has 2 aromatic rings. The third-order valence-corrected chi connectivity index (χ3v) is 3.66. The maximum atomic E-state index is 11.2. The summed E-state index contributed by atoms with van der Waals surface area (Å²) in [7, 11) is 0. The van der Waals surface area contributed by atoms with Gasteiger partial charge < -0.3 is 5.73 Å². The standard InChI is InChI=1S/C14H14ClN5O/c15-12-2-1-9(5-17-12)7-20-4-3-10-6-18-14(13(16)21)19-11(10)8-20/h1-2,5-6H,3-4,7-8H2,(H2,16,21). The van der Waals surface area contributed by atoms with E-state index in [1.54, 1.807) is 18.5 Å². The Morgan fingerprint density at radius 1 is 1.33 bits per heavy atom. The Bertz CT molecular complexity index is 674. The van der Waals surface area contributed by atoms with Crippen LogP contribution < -0.4 is 5.73 Å². The van der Waals surface area contributed by atoms with E-state index in [0.717, 1.165) is 36.3 Å². The summed E-state index contributed by atoms with van der Waals surface area (Å²) in [6.45, 7) is 2.34. The lowest BCUT2D eigenvalue weighted by Gasteiger charge is -2.27. The zero-order chi connectivity index (χ0) is 14.8. The number of carbonyl (C=O) groups is 1. The molecule has 0 spiro atoms. The summed E-state index contributed by atoms with van der Waals surface area (Å²) >= 11 is 5.78. The van der Waals surface area contributed by atoms with Crippen LogP contribution in [0, 0.1) is 0 Å². The highest BCUT2D eigenvalue weighted by atomic mass is 35.5. The van der Waals surface area contributed by atoms with Gasteiger partial charge >= 0.3 is 0 Å². The van der Waals surface area contributed by atoms with Crippen LogP contribution in [0.5, 0.6) is 0 Å². The van der Waals surface area contributed by atoms with Gasteiger partial charge in [-0.2, -0.15) is 0 Å². The number of primary amides is 1. The lowest BCUT2D eigenvalue weighted by molar-refractivity contribution is 0.0989. The maximum absolute atomic E-state index is 11.2. The molecule has 0 saturated carbocycles. The number of hydrogen-bond donors (Lipinski definition) is 1. The quantitative estimate of drug-likeness (QED) is 0.861. The van der Waals surface area contributed by atoms with E-state index in [9.17, 15) is 4.79 Å². The number of aromatic nitrogens is 3. The number of amides is 1. The van der Waals surface area contributed by atoms with Crippen LogP contribution in [-0.4, -0.2) is 32.3 Å². The minimum absolute atomic E-state index is 0.0729. The normalized spacial score (nSPS) is 14.7. The third kappa shape index (κ3) is 3.17. The Morgan fingerprint density at radius 2 is 2.19 bits per heavy atom. The Hall–Kier alpha value is -2.05. The van der Waals surface area contributed by atoms with Crippen LogP contribution in [0.4, 0.5) is 0 Å². The molecule has 1 aliphatic rings. The molecule has 3 heterocycles. The van der Waals surface area contributed by atoms with Gasteiger partial charge in [0.15, 0.2) is 0 Å². The number of nitrogens with two attached hydrogens (primary N) is 1. The molecule has 7 heteroatoms. The van der Waals surface area contributed by atoms with Crippen molar-refractivity contribution >= 4 is 17.5 Å². The molecule has 2 aromatic heterocycles. The molecule has 0 radical (unpaired) electrons. The number of pyridine rings is 1. The summed E-state index contributed by atoms with van der Waals surface area (Å²) in [5.74, 6) is -0.527. The minimum Gasteiger partial charge on any atom is -0.363 e. The molecule has 0 aliphatic carbocycles. The van der Waals surface area contributed by atoms with Crippen molar-refractivity contribution in [2.45, 2.75) is 19.5 Å². The average Bonchev–Trinajstić information content (AvgIpc) is 2.49. The highest BCUT2D eigenvalue weighted by molar-refractivity contribution is 6.29. The summed E-state index contributed by atoms with van der Waals surface area (Å²) in [6.07, 6.45) is 4.33. The summed E-state index contributed by atoms with van der Waals surface area (Å²) in [5, 5.41) is 0.488. The molecule has 0 saturated heterocycles. The van der Waals surface area contributed by atoms with E-state index >= 15 is 0 Å². The van der Waals surface area contributed by atoms with E-state index in [2.05, 4.69) is 19.9 Å². The predicted octanol–water partition coefficient (Wildman–Crippen LogP) is 1.18. The number of halogens is 1. The largest absolute Gasteiger partial charge is 0.363 e. The van der Waals surface area contributed by atoms with Crippen molar-refractivity contribution in [3.63, 3.8) is 0 Å². The maximum Gasteiger partial charge on any atom is 0.286 e. The molecule has 1 aliphatic heterocycles. The highest BCUT2D eigenvalue weighted by Gasteiger charge is 2.19. The minimum atomic E-state index is -0.600. The van der Waals surface area contributed by atoms with Crippen LogP contribution in [0.1, 0.15) is 27.4 Å². The van der Waals surface area contributed by atoms with Crippen molar-refractivity contribution in [2.75, 3.05) is 6.54 Å². The first-order valence-corrected chi connectivity index (χ1v) is 6.97. The van der Waals surface area contributed by atoms with E-state index in [0.29, 0.717) is 11.7 Å². The van der Waals surface area contributed by atoms with E-state index < -0.39 is 5.91 Å². The molecule has 0 fully saturated rings. The van der Waals surface area contributed by atoms with Gasteiger partial charge in [0.1, 0.15) is 5.15 Å². The van der Waals surface area contributed by atoms with Crippen LogP contribution in [0.25, 0.3) is 0 Å². The lowest BCUT2D eigenvalue weighted by atomic mass is 10.1. The molecule has 0 atom stereocenters. The Kier molecular flexibility index (Phi) is 3.81. The van der Waals surface area contributed by atoms with Gasteiger partial charge in [-0.3, -0.25) is 9.69 Å². The molecule has 0 bridgehead atoms. The van der Waals surface area contributed by atoms with E-state index in [4.69, 9.17) is 17.3 Å². The molecule has 2 N–H and O–H groups in total. The summed E-state index contributed by atoms with van der Waals surface area (Å²) < 4.78 is 0. The van der Waals surface area contributed by atoms with Gasteiger partial charge in [-0.1, -0.05) is 17.7 Å². The molecular weight excluding hydrogens is 290 g/mol. The molecule has 108 valence electrons. The van der Waals surface area contributed by atoms with Gasteiger partial charge in [-0.15, -0.1) is 0 Å². The Morgan fingerprint density at radius 3 is 2.90 bits per heavy atom. The molecule has 21 heavy (non-hydrogen) atoms. The Labute approximate surface area is 127 Å². The summed E-state index contributed by atoms with van der Waals surface area (Å²) in [5.41, 5.74) is 8.25. The fourth-order valence-corrected chi connectivity index (χ4v) is 2.48. The zero-order valence-corrected chi connectivity index (χ0v) is 12.0. The van der Waals surface area contributed by atoms with Crippen molar-refractivity contribution in [3.05, 3.63) is 52.3 Å². The molecule has 1 amide bonds. The fourth-order valence-electron chi connectivity index (χ4n) is 2.37. The first-order chi connectivity index (χ1) is 10.1. The van der Waals surface area contributed by atoms with E-state index in [1.165, 1.54) is 0 Å². The van der Waals surface area contributed by atoms with E-state index in [-0.39, 0.29) is 5.82 Å². The van der Waals surface area contributed by atoms with Crippen molar-refractivity contribution < 1.29 is 4.79 Å². The van der Waals surface area contributed by atoms with Crippen LogP contribution in [-0.2, 0) is 19.5 Å². The second-order valence-corrected chi connectivity index (χ2v) is 5.37. The Balaban J connectivity index is 1.75. The lowest BCUT2D eigenvalue weighted by Crippen LogP contribution is -2.32. The monoisotopic (exact) mass is 303 g/mol. The first-order valence-electron chi connectivity index (χ1n) is 6.59. The third-order valence-electron chi connectivity index (χ3n) is 3.44. The summed E-state index contributed by atoms with van der Waals surface area (Å²) in [4.78, 5) is 25.7. The molecule has 3 rings (SSSR count). The molecule has 0 unspecified atom stereocenters. The van der Waals surface area contributed by atoms with Crippen molar-refractivity contribution in [2.24, 2.45) is 5.73 Å². The van der Waals surface area contributed by atoms with Gasteiger partial charge in [0.25, 0.3) is 5.91 Å². The predicted molar refractivity (Wildman–Crippen MR) is 77.6 cm³/mol. The van der Waals surface area contributed by atoms with Crippen LogP contribution in [0.2, 0.25) is 5.15 Å². The number of carbonyl (C=O) groups excluding carboxylic acids is 1. The average molecular weight is 304 g/mol. The number of nitrogens with zero attached hydrogens (tertiary/aromatic N) is 4. The summed E-state index contributed by atoms with van der Waals surface area (Å²) in [6, 6.07) is 3.74. The fraction of sp³-hybridized carbons (Fsp3) is 0.286. The zero-order valence-electron chi connectivity index (χ0n) is 11.3. The van der Waals surface area contributed by atoms with Gasteiger partial charge in [-0.25, -0.2) is 15.0 Å². The van der Waals surface area contributed by atoms with Crippen molar-refractivity contribution in [1.82, 2.24) is 19.9 Å². The molecule has 0 aromatic carbocycles. The van der Waals surface area contributed by atoms with Gasteiger partial charge in [0.05, 0.1) is 5.69 Å². The second kappa shape index (κ2) is 5.75. The molecule has 6 nitrogen and oxygen atoms in total. The highest BCUT2D eigenvalue weighted by Crippen LogP contribution is 2.18. The van der Waals surface area contributed by atoms with Gasteiger partial charge in [0.2, 0.25) is 5.82 Å². The number of hydrogen-bond acceptors (Lipinski definition) is 5. The van der Waals surface area contributed by atoms with Gasteiger partial charge in [-0.05, 0) is 23.6 Å². The van der Waals surface area contributed by atoms with Crippen molar-refractivity contribution in [3.8, 4) is 0 Å². The van der Waals surface area contributed by atoms with Crippen LogP contribution >= 0.6 is 11.6 Å². The number of fused-ring (bicyclic) bond motifs is 1. The van der Waals surface area contributed by atoms with Crippen LogP contribution in [0.15, 0.2) is 24.5 Å². The van der Waals surface area contributed by atoms with Crippen molar-refractivity contribution in [1.29, 1.82) is 0 Å². The van der Waals surface area contributed by atoms with E-state index in [1.807, 2.05) is 6.07 Å². The number of rotatable bonds is 3. The SMILES string of the molecule is NC(=O)c1ncc2c(n1)CN(Cc1ccc(Cl)nc1)CC2. The van der Waals surface area contributed by atoms with Gasteiger partial charge in [0, 0.05) is 32.0 Å². The second-order valence-electron chi connectivity index (χ2n) is 4.98. The smallest absolute Gasteiger partial charge is 0.286 e.